The van der Waals surface area contributed by atoms with Gasteiger partial charge in [0.15, 0.2) is 5.13 Å². The average Bonchev–Trinajstić information content (AvgIpc) is 3.00. The number of thiazole rings is 1. The van der Waals surface area contributed by atoms with E-state index in [0.717, 1.165) is 16.9 Å². The van der Waals surface area contributed by atoms with Crippen LogP contribution in [0.1, 0.15) is 39.3 Å². The molecule has 1 aromatic heterocycles. The number of amides is 2. The van der Waals surface area contributed by atoms with Crippen molar-refractivity contribution in [3.63, 3.8) is 0 Å². The highest BCUT2D eigenvalue weighted by atomic mass is 32.1. The van der Waals surface area contributed by atoms with Gasteiger partial charge in [-0.1, -0.05) is 17.7 Å². The largest absolute Gasteiger partial charge is 0.481 e. The van der Waals surface area contributed by atoms with Crippen LogP contribution in [0.4, 0.5) is 5.13 Å². The number of carboxylic acids is 1. The fraction of sp³-hybridized carbons (Fsp3) is 0.250. The Hall–Kier alpha value is -2.74. The number of rotatable bonds is 7. The maximum Gasteiger partial charge on any atom is 0.303 e. The molecule has 0 saturated carbocycles. The maximum atomic E-state index is 12.1. The van der Waals surface area contributed by atoms with Gasteiger partial charge in [-0.25, -0.2) is 4.98 Å². The van der Waals surface area contributed by atoms with Crippen molar-refractivity contribution in [2.45, 2.75) is 19.8 Å². The van der Waals surface area contributed by atoms with Gasteiger partial charge in [0, 0.05) is 23.9 Å². The van der Waals surface area contributed by atoms with Crippen LogP contribution in [-0.4, -0.2) is 34.4 Å². The van der Waals surface area contributed by atoms with Gasteiger partial charge in [-0.3, -0.25) is 19.7 Å². The summed E-state index contributed by atoms with van der Waals surface area (Å²) in [6, 6.07) is 7.11. The van der Waals surface area contributed by atoms with Gasteiger partial charge in [-0.15, -0.1) is 11.3 Å². The number of anilines is 1. The van der Waals surface area contributed by atoms with E-state index in [2.05, 4.69) is 15.6 Å². The molecular weight excluding hydrogens is 330 g/mol. The van der Waals surface area contributed by atoms with E-state index in [9.17, 15) is 14.4 Å². The number of aryl methyl sites for hydroxylation is 1. The van der Waals surface area contributed by atoms with Crippen LogP contribution in [0.25, 0.3) is 0 Å². The summed E-state index contributed by atoms with van der Waals surface area (Å²) < 4.78 is 0. The number of aromatic nitrogens is 1. The van der Waals surface area contributed by atoms with Gasteiger partial charge in [0.25, 0.3) is 11.8 Å². The molecule has 0 aliphatic rings. The lowest BCUT2D eigenvalue weighted by Crippen LogP contribution is -2.25. The Labute approximate surface area is 142 Å². The highest BCUT2D eigenvalue weighted by Crippen LogP contribution is 2.16. The van der Waals surface area contributed by atoms with Crippen LogP contribution in [0.15, 0.2) is 29.6 Å². The summed E-state index contributed by atoms with van der Waals surface area (Å²) >= 11 is 1.15. The third-order valence-corrected chi connectivity index (χ3v) is 3.88. The smallest absolute Gasteiger partial charge is 0.303 e. The molecule has 1 heterocycles. The Kier molecular flexibility index (Phi) is 6.02. The third-order valence-electron chi connectivity index (χ3n) is 3.12. The number of aliphatic carboxylic acids is 1. The van der Waals surface area contributed by atoms with E-state index in [-0.39, 0.29) is 24.6 Å². The van der Waals surface area contributed by atoms with E-state index in [1.165, 1.54) is 5.38 Å². The van der Waals surface area contributed by atoms with Crippen LogP contribution >= 0.6 is 11.3 Å². The van der Waals surface area contributed by atoms with Crippen molar-refractivity contribution in [3.8, 4) is 0 Å². The molecule has 2 aromatic rings. The minimum Gasteiger partial charge on any atom is -0.481 e. The number of hydrogen-bond donors (Lipinski definition) is 3. The maximum absolute atomic E-state index is 12.1. The lowest BCUT2D eigenvalue weighted by molar-refractivity contribution is -0.137. The molecule has 2 amide bonds. The van der Waals surface area contributed by atoms with Gasteiger partial charge in [0.1, 0.15) is 5.69 Å². The molecule has 0 bridgehead atoms. The number of carboxylic acid groups (broad SMARTS) is 1. The standard InChI is InChI=1S/C16H17N3O4S/c1-10-4-6-11(7-5-10)14(22)19-16-18-12(9-24-16)15(23)17-8-2-3-13(20)21/h4-7,9H,2-3,8H2,1H3,(H,17,23)(H,20,21)(H,18,19,22). The first-order chi connectivity index (χ1) is 11.5. The molecule has 126 valence electrons. The van der Waals surface area contributed by atoms with Crippen molar-refractivity contribution in [1.29, 1.82) is 0 Å². The third kappa shape index (κ3) is 5.17. The first-order valence-electron chi connectivity index (χ1n) is 7.29. The first-order valence-corrected chi connectivity index (χ1v) is 8.17. The molecule has 0 aliphatic carbocycles. The van der Waals surface area contributed by atoms with E-state index >= 15 is 0 Å². The van der Waals surface area contributed by atoms with Crippen molar-refractivity contribution in [2.24, 2.45) is 0 Å². The fourth-order valence-corrected chi connectivity index (χ4v) is 2.53. The zero-order chi connectivity index (χ0) is 17.5. The fourth-order valence-electron chi connectivity index (χ4n) is 1.84. The summed E-state index contributed by atoms with van der Waals surface area (Å²) in [4.78, 5) is 38.4. The average molecular weight is 347 g/mol. The van der Waals surface area contributed by atoms with Crippen molar-refractivity contribution >= 4 is 34.3 Å². The van der Waals surface area contributed by atoms with Crippen LogP contribution in [0.5, 0.6) is 0 Å². The highest BCUT2D eigenvalue weighted by molar-refractivity contribution is 7.14. The summed E-state index contributed by atoms with van der Waals surface area (Å²) in [5.74, 6) is -1.59. The van der Waals surface area contributed by atoms with Crippen LogP contribution in [-0.2, 0) is 4.79 Å². The second-order valence-electron chi connectivity index (χ2n) is 5.11. The second kappa shape index (κ2) is 8.21. The molecule has 24 heavy (non-hydrogen) atoms. The number of hydrogen-bond acceptors (Lipinski definition) is 5. The Morgan fingerprint density at radius 3 is 2.54 bits per heavy atom. The van der Waals surface area contributed by atoms with Gasteiger partial charge in [-0.2, -0.15) is 0 Å². The second-order valence-corrected chi connectivity index (χ2v) is 5.97. The zero-order valence-corrected chi connectivity index (χ0v) is 13.9. The number of nitrogens with one attached hydrogen (secondary N) is 2. The molecule has 8 heteroatoms. The topological polar surface area (TPSA) is 108 Å². The molecule has 0 fully saturated rings. The Bertz CT molecular complexity index is 740. The SMILES string of the molecule is Cc1ccc(C(=O)Nc2nc(C(=O)NCCCC(=O)O)cs2)cc1. The quantitative estimate of drug-likeness (QED) is 0.666. The lowest BCUT2D eigenvalue weighted by Gasteiger charge is -2.02. The van der Waals surface area contributed by atoms with E-state index in [4.69, 9.17) is 5.11 Å². The van der Waals surface area contributed by atoms with E-state index in [1.807, 2.05) is 19.1 Å². The van der Waals surface area contributed by atoms with Crippen LogP contribution in [0.3, 0.4) is 0 Å². The molecule has 0 unspecified atom stereocenters. The monoisotopic (exact) mass is 347 g/mol. The van der Waals surface area contributed by atoms with Crippen molar-refractivity contribution in [1.82, 2.24) is 10.3 Å². The number of carbonyl (C=O) groups is 3. The summed E-state index contributed by atoms with van der Waals surface area (Å²) in [5, 5.41) is 15.6. The molecule has 0 saturated heterocycles. The van der Waals surface area contributed by atoms with Gasteiger partial charge in [0.05, 0.1) is 0 Å². The van der Waals surface area contributed by atoms with Crippen LogP contribution in [0, 0.1) is 6.92 Å². The first kappa shape index (κ1) is 17.6. The summed E-state index contributed by atoms with van der Waals surface area (Å²) in [5.41, 5.74) is 1.76. The predicted octanol–water partition coefficient (Wildman–Crippen LogP) is 2.30. The van der Waals surface area contributed by atoms with Crippen molar-refractivity contribution in [3.05, 3.63) is 46.5 Å². The van der Waals surface area contributed by atoms with E-state index in [1.54, 1.807) is 12.1 Å². The van der Waals surface area contributed by atoms with Crippen molar-refractivity contribution < 1.29 is 19.5 Å². The van der Waals surface area contributed by atoms with Gasteiger partial charge >= 0.3 is 5.97 Å². The Morgan fingerprint density at radius 1 is 1.17 bits per heavy atom. The van der Waals surface area contributed by atoms with Gasteiger partial charge in [-0.05, 0) is 25.5 Å². The molecular formula is C16H17N3O4S. The molecule has 0 aliphatic heterocycles. The number of benzene rings is 1. The van der Waals surface area contributed by atoms with E-state index in [0.29, 0.717) is 17.1 Å². The molecule has 0 spiro atoms. The normalized spacial score (nSPS) is 10.2. The lowest BCUT2D eigenvalue weighted by atomic mass is 10.1. The van der Waals surface area contributed by atoms with Crippen LogP contribution < -0.4 is 10.6 Å². The molecule has 3 N–H and O–H groups in total. The molecule has 7 nitrogen and oxygen atoms in total. The molecule has 0 atom stereocenters. The molecule has 1 aromatic carbocycles. The molecule has 2 rings (SSSR count). The highest BCUT2D eigenvalue weighted by Gasteiger charge is 2.13. The number of carbonyl (C=O) groups excluding carboxylic acids is 2. The molecule has 0 radical (unpaired) electrons. The van der Waals surface area contributed by atoms with Crippen molar-refractivity contribution in [2.75, 3.05) is 11.9 Å². The summed E-state index contributed by atoms with van der Waals surface area (Å²) in [6.07, 6.45) is 0.345. The summed E-state index contributed by atoms with van der Waals surface area (Å²) in [7, 11) is 0. The van der Waals surface area contributed by atoms with E-state index < -0.39 is 11.9 Å². The zero-order valence-electron chi connectivity index (χ0n) is 13.0. The van der Waals surface area contributed by atoms with Gasteiger partial charge < -0.3 is 10.4 Å². The minimum atomic E-state index is -0.904. The Balaban J connectivity index is 1.88. The predicted molar refractivity (Wildman–Crippen MR) is 90.4 cm³/mol. The minimum absolute atomic E-state index is 0.00476. The summed E-state index contributed by atoms with van der Waals surface area (Å²) in [6.45, 7) is 2.19. The number of nitrogens with zero attached hydrogens (tertiary/aromatic N) is 1. The van der Waals surface area contributed by atoms with Gasteiger partial charge in [0.2, 0.25) is 0 Å². The Morgan fingerprint density at radius 2 is 1.88 bits per heavy atom. The van der Waals surface area contributed by atoms with Crippen LogP contribution in [0.2, 0.25) is 0 Å².